The molecule has 1 aromatic carbocycles. The monoisotopic (exact) mass is 457 g/mol. The minimum Gasteiger partial charge on any atom is -0.383 e. The summed E-state index contributed by atoms with van der Waals surface area (Å²) in [6.07, 6.45) is 8.41. The SMILES string of the molecule is COCCN1C(=O)/C(=C/c2cn(CC(=O)N3CCCCCC3)c3ccccc23)SC1=S. The predicted molar refractivity (Wildman–Crippen MR) is 129 cm³/mol. The van der Waals surface area contributed by atoms with Gasteiger partial charge in [-0.15, -0.1) is 0 Å². The Balaban J connectivity index is 1.60. The first-order chi connectivity index (χ1) is 15.1. The van der Waals surface area contributed by atoms with E-state index in [1.54, 1.807) is 12.0 Å². The van der Waals surface area contributed by atoms with Crippen molar-refractivity contribution in [2.45, 2.75) is 32.2 Å². The molecule has 0 aliphatic carbocycles. The van der Waals surface area contributed by atoms with Crippen LogP contribution in [0.25, 0.3) is 17.0 Å². The van der Waals surface area contributed by atoms with Crippen molar-refractivity contribution in [3.05, 3.63) is 40.9 Å². The van der Waals surface area contributed by atoms with Gasteiger partial charge in [-0.1, -0.05) is 55.0 Å². The van der Waals surface area contributed by atoms with Gasteiger partial charge in [0, 0.05) is 42.9 Å². The van der Waals surface area contributed by atoms with E-state index in [1.807, 2.05) is 46.0 Å². The van der Waals surface area contributed by atoms with E-state index in [2.05, 4.69) is 0 Å². The second-order valence-corrected chi connectivity index (χ2v) is 9.53. The van der Waals surface area contributed by atoms with Gasteiger partial charge >= 0.3 is 0 Å². The van der Waals surface area contributed by atoms with Crippen LogP contribution in [0, 0.1) is 0 Å². The van der Waals surface area contributed by atoms with Crippen LogP contribution in [0.3, 0.4) is 0 Å². The number of carbonyl (C=O) groups is 2. The Kier molecular flexibility index (Phi) is 7.09. The molecular formula is C23H27N3O3S2. The highest BCUT2D eigenvalue weighted by molar-refractivity contribution is 8.26. The van der Waals surface area contributed by atoms with Crippen molar-refractivity contribution in [2.75, 3.05) is 33.4 Å². The average Bonchev–Trinajstić information content (AvgIpc) is 3.08. The van der Waals surface area contributed by atoms with Crippen molar-refractivity contribution in [2.24, 2.45) is 0 Å². The lowest BCUT2D eigenvalue weighted by Gasteiger charge is -2.20. The van der Waals surface area contributed by atoms with Gasteiger partial charge < -0.3 is 14.2 Å². The largest absolute Gasteiger partial charge is 0.383 e. The molecule has 2 aromatic rings. The smallest absolute Gasteiger partial charge is 0.266 e. The third-order valence-electron chi connectivity index (χ3n) is 5.76. The molecule has 2 fully saturated rings. The molecule has 2 amide bonds. The highest BCUT2D eigenvalue weighted by Gasteiger charge is 2.32. The van der Waals surface area contributed by atoms with Gasteiger partial charge in [0.25, 0.3) is 5.91 Å². The quantitative estimate of drug-likeness (QED) is 0.487. The van der Waals surface area contributed by atoms with Crippen LogP contribution in [0.4, 0.5) is 0 Å². The number of hydrogen-bond donors (Lipinski definition) is 0. The summed E-state index contributed by atoms with van der Waals surface area (Å²) in [4.78, 5) is 29.9. The second kappa shape index (κ2) is 9.97. The van der Waals surface area contributed by atoms with Crippen molar-refractivity contribution in [3.8, 4) is 0 Å². The number of likely N-dealkylation sites (tertiary alicyclic amines) is 1. The van der Waals surface area contributed by atoms with Crippen molar-refractivity contribution in [1.29, 1.82) is 0 Å². The molecule has 2 saturated heterocycles. The van der Waals surface area contributed by atoms with E-state index in [-0.39, 0.29) is 11.8 Å². The molecule has 1 aromatic heterocycles. The topological polar surface area (TPSA) is 54.8 Å². The van der Waals surface area contributed by atoms with Crippen LogP contribution in [0.15, 0.2) is 35.4 Å². The zero-order valence-electron chi connectivity index (χ0n) is 17.7. The molecule has 0 bridgehead atoms. The van der Waals surface area contributed by atoms with Gasteiger partial charge in [-0.25, -0.2) is 0 Å². The molecule has 0 radical (unpaired) electrons. The van der Waals surface area contributed by atoms with E-state index in [1.165, 1.54) is 24.6 Å². The standard InChI is InChI=1S/C23H27N3O3S2/c1-29-13-12-26-22(28)20(31-23(26)30)14-17-15-25(19-9-5-4-8-18(17)19)16-21(27)24-10-6-2-3-7-11-24/h4-5,8-9,14-15H,2-3,6-7,10-13,16H2,1H3/b20-14-. The maximum absolute atomic E-state index is 13.0. The molecular weight excluding hydrogens is 430 g/mol. The summed E-state index contributed by atoms with van der Waals surface area (Å²) in [5.74, 6) is 0.0598. The Bertz CT molecular complexity index is 1020. The minimum atomic E-state index is -0.0930. The number of thioether (sulfide) groups is 1. The fourth-order valence-corrected chi connectivity index (χ4v) is 5.40. The van der Waals surface area contributed by atoms with Gasteiger partial charge in [-0.2, -0.15) is 0 Å². The lowest BCUT2D eigenvalue weighted by atomic mass is 10.1. The van der Waals surface area contributed by atoms with Crippen LogP contribution in [0.5, 0.6) is 0 Å². The van der Waals surface area contributed by atoms with Crippen LogP contribution >= 0.6 is 24.0 Å². The van der Waals surface area contributed by atoms with Crippen molar-refractivity contribution >= 4 is 57.1 Å². The molecule has 6 nitrogen and oxygen atoms in total. The Morgan fingerprint density at radius 3 is 2.68 bits per heavy atom. The lowest BCUT2D eigenvalue weighted by molar-refractivity contribution is -0.131. The number of rotatable bonds is 6. The second-order valence-electron chi connectivity index (χ2n) is 7.85. The molecule has 0 saturated carbocycles. The number of fused-ring (bicyclic) bond motifs is 1. The summed E-state index contributed by atoms with van der Waals surface area (Å²) < 4.78 is 7.64. The van der Waals surface area contributed by atoms with Crippen molar-refractivity contribution < 1.29 is 14.3 Å². The first kappa shape index (κ1) is 22.0. The van der Waals surface area contributed by atoms with Crippen LogP contribution in [0.1, 0.15) is 31.2 Å². The molecule has 4 rings (SSSR count). The summed E-state index contributed by atoms with van der Waals surface area (Å²) in [6.45, 7) is 2.88. The van der Waals surface area contributed by atoms with E-state index >= 15 is 0 Å². The molecule has 0 unspecified atom stereocenters. The fourth-order valence-electron chi connectivity index (χ4n) is 4.10. The number of amides is 2. The predicted octanol–water partition coefficient (Wildman–Crippen LogP) is 3.89. The van der Waals surface area contributed by atoms with Gasteiger partial charge in [-0.3, -0.25) is 14.5 Å². The van der Waals surface area contributed by atoms with Gasteiger partial charge in [0.1, 0.15) is 10.9 Å². The number of aromatic nitrogens is 1. The van der Waals surface area contributed by atoms with Gasteiger partial charge in [0.2, 0.25) is 5.91 Å². The van der Waals surface area contributed by atoms with E-state index in [0.29, 0.717) is 28.9 Å². The number of methoxy groups -OCH3 is 1. The Morgan fingerprint density at radius 2 is 1.94 bits per heavy atom. The number of carbonyl (C=O) groups excluding carboxylic acids is 2. The fraction of sp³-hybridized carbons (Fsp3) is 0.435. The summed E-state index contributed by atoms with van der Waals surface area (Å²) >= 11 is 6.69. The molecule has 3 heterocycles. The van der Waals surface area contributed by atoms with E-state index in [0.717, 1.165) is 42.4 Å². The number of benzene rings is 1. The number of ether oxygens (including phenoxy) is 1. The maximum Gasteiger partial charge on any atom is 0.266 e. The van der Waals surface area contributed by atoms with Crippen LogP contribution in [-0.2, 0) is 20.9 Å². The number of para-hydroxylation sites is 1. The Morgan fingerprint density at radius 1 is 1.19 bits per heavy atom. The van der Waals surface area contributed by atoms with E-state index in [4.69, 9.17) is 17.0 Å². The lowest BCUT2D eigenvalue weighted by Crippen LogP contribution is -2.34. The summed E-state index contributed by atoms with van der Waals surface area (Å²) in [5.41, 5.74) is 1.92. The van der Waals surface area contributed by atoms with Crippen LogP contribution in [-0.4, -0.2) is 63.9 Å². The average molecular weight is 458 g/mol. The first-order valence-corrected chi connectivity index (χ1v) is 11.9. The Hall–Kier alpha value is -2.16. The number of nitrogens with zero attached hydrogens (tertiary/aromatic N) is 3. The third kappa shape index (κ3) is 4.86. The molecule has 8 heteroatoms. The molecule has 31 heavy (non-hydrogen) atoms. The third-order valence-corrected chi connectivity index (χ3v) is 7.14. The molecule has 2 aliphatic rings. The van der Waals surface area contributed by atoms with Gasteiger partial charge in [0.15, 0.2) is 0 Å². The minimum absolute atomic E-state index is 0.0930. The summed E-state index contributed by atoms with van der Waals surface area (Å²) in [5, 5.41) is 1.02. The zero-order chi connectivity index (χ0) is 21.8. The van der Waals surface area contributed by atoms with Crippen molar-refractivity contribution in [1.82, 2.24) is 14.4 Å². The normalized spacial score (nSPS) is 18.9. The zero-order valence-corrected chi connectivity index (χ0v) is 19.3. The first-order valence-electron chi connectivity index (χ1n) is 10.7. The molecule has 0 N–H and O–H groups in total. The number of hydrogen-bond acceptors (Lipinski definition) is 5. The Labute approximate surface area is 192 Å². The number of thiocarbonyl (C=S) groups is 1. The highest BCUT2D eigenvalue weighted by atomic mass is 32.2. The molecule has 164 valence electrons. The summed E-state index contributed by atoms with van der Waals surface area (Å²) in [7, 11) is 1.61. The van der Waals surface area contributed by atoms with E-state index < -0.39 is 0 Å². The van der Waals surface area contributed by atoms with E-state index in [9.17, 15) is 9.59 Å². The van der Waals surface area contributed by atoms with Crippen LogP contribution < -0.4 is 0 Å². The van der Waals surface area contributed by atoms with Crippen LogP contribution in [0.2, 0.25) is 0 Å². The van der Waals surface area contributed by atoms with Crippen molar-refractivity contribution in [3.63, 3.8) is 0 Å². The molecule has 0 spiro atoms. The highest BCUT2D eigenvalue weighted by Crippen LogP contribution is 2.34. The maximum atomic E-state index is 13.0. The summed E-state index contributed by atoms with van der Waals surface area (Å²) in [6, 6.07) is 8.00. The molecule has 2 aliphatic heterocycles. The van der Waals surface area contributed by atoms with Gasteiger partial charge in [-0.05, 0) is 25.0 Å². The molecule has 0 atom stereocenters. The van der Waals surface area contributed by atoms with Gasteiger partial charge in [0.05, 0.1) is 18.1 Å².